The van der Waals surface area contributed by atoms with Crippen molar-refractivity contribution in [3.05, 3.63) is 23.8 Å². The second-order valence-corrected chi connectivity index (χ2v) is 5.19. The van der Waals surface area contributed by atoms with Crippen molar-refractivity contribution < 1.29 is 14.2 Å². The number of hydrogen-bond acceptors (Lipinski definition) is 5. The van der Waals surface area contributed by atoms with E-state index in [1.54, 1.807) is 14.2 Å². The second kappa shape index (κ2) is 6.92. The fourth-order valence-electron chi connectivity index (χ4n) is 2.43. The lowest BCUT2D eigenvalue weighted by molar-refractivity contribution is -0.0403. The van der Waals surface area contributed by atoms with Crippen LogP contribution in [0.4, 0.5) is 0 Å². The maximum Gasteiger partial charge on any atom is 0.161 e. The minimum Gasteiger partial charge on any atom is -0.493 e. The van der Waals surface area contributed by atoms with Crippen LogP contribution in [0, 0.1) is 0 Å². The zero-order valence-corrected chi connectivity index (χ0v) is 12.5. The number of benzene rings is 1. The summed E-state index contributed by atoms with van der Waals surface area (Å²) < 4.78 is 16.3. The highest BCUT2D eigenvalue weighted by Crippen LogP contribution is 2.28. The zero-order chi connectivity index (χ0) is 14.5. The Balaban J connectivity index is 2.02. The highest BCUT2D eigenvalue weighted by atomic mass is 16.5. The molecule has 2 unspecified atom stereocenters. The van der Waals surface area contributed by atoms with E-state index in [9.17, 15) is 0 Å². The van der Waals surface area contributed by atoms with Gasteiger partial charge in [0.05, 0.1) is 26.9 Å². The molecule has 1 heterocycles. The molecule has 0 aliphatic carbocycles. The smallest absolute Gasteiger partial charge is 0.161 e. The first kappa shape index (κ1) is 15.1. The molecule has 20 heavy (non-hydrogen) atoms. The number of morpholine rings is 1. The van der Waals surface area contributed by atoms with Crippen LogP contribution in [-0.2, 0) is 11.3 Å². The van der Waals surface area contributed by atoms with Crippen molar-refractivity contribution in [3.63, 3.8) is 0 Å². The highest BCUT2D eigenvalue weighted by molar-refractivity contribution is 5.42. The summed E-state index contributed by atoms with van der Waals surface area (Å²) in [5, 5.41) is 0. The number of nitrogens with two attached hydrogens (primary N) is 1. The van der Waals surface area contributed by atoms with Crippen molar-refractivity contribution in [1.82, 2.24) is 4.90 Å². The number of methoxy groups -OCH3 is 2. The molecule has 0 spiro atoms. The zero-order valence-electron chi connectivity index (χ0n) is 12.5. The van der Waals surface area contributed by atoms with Crippen LogP contribution in [0.2, 0.25) is 0 Å². The summed E-state index contributed by atoms with van der Waals surface area (Å²) in [5.74, 6) is 1.52. The van der Waals surface area contributed by atoms with E-state index in [1.165, 1.54) is 5.56 Å². The molecule has 112 valence electrons. The predicted molar refractivity (Wildman–Crippen MR) is 78.2 cm³/mol. The third-order valence-corrected chi connectivity index (χ3v) is 3.62. The fourth-order valence-corrected chi connectivity index (χ4v) is 2.43. The number of nitrogens with zero attached hydrogens (tertiary/aromatic N) is 1. The molecule has 1 aliphatic heterocycles. The molecule has 0 amide bonds. The Morgan fingerprint density at radius 3 is 2.75 bits per heavy atom. The lowest BCUT2D eigenvalue weighted by atomic mass is 10.1. The van der Waals surface area contributed by atoms with Crippen molar-refractivity contribution in [2.45, 2.75) is 25.6 Å². The van der Waals surface area contributed by atoms with E-state index in [0.717, 1.165) is 37.7 Å². The topological polar surface area (TPSA) is 57.0 Å². The van der Waals surface area contributed by atoms with E-state index in [-0.39, 0.29) is 12.1 Å². The van der Waals surface area contributed by atoms with Crippen LogP contribution in [0.3, 0.4) is 0 Å². The maximum absolute atomic E-state index is 5.92. The van der Waals surface area contributed by atoms with Gasteiger partial charge < -0.3 is 19.9 Å². The van der Waals surface area contributed by atoms with Gasteiger partial charge in [0.1, 0.15) is 0 Å². The van der Waals surface area contributed by atoms with Gasteiger partial charge in [-0.2, -0.15) is 0 Å². The molecule has 1 aromatic rings. The average Bonchev–Trinajstić information content (AvgIpc) is 2.47. The molecule has 2 rings (SSSR count). The Kier molecular flexibility index (Phi) is 5.23. The fraction of sp³-hybridized carbons (Fsp3) is 0.600. The molecule has 1 aromatic carbocycles. The molecule has 5 nitrogen and oxygen atoms in total. The highest BCUT2D eigenvalue weighted by Gasteiger charge is 2.23. The third kappa shape index (κ3) is 3.62. The number of rotatable bonds is 5. The summed E-state index contributed by atoms with van der Waals surface area (Å²) in [5.41, 5.74) is 7.12. The molecule has 0 radical (unpaired) electrons. The van der Waals surface area contributed by atoms with Gasteiger partial charge in [0.2, 0.25) is 0 Å². The Labute approximate surface area is 120 Å². The maximum atomic E-state index is 5.92. The van der Waals surface area contributed by atoms with Crippen molar-refractivity contribution in [1.29, 1.82) is 0 Å². The van der Waals surface area contributed by atoms with Crippen LogP contribution in [-0.4, -0.2) is 51.0 Å². The Morgan fingerprint density at radius 2 is 2.10 bits per heavy atom. The normalized spacial score (nSPS) is 21.5. The summed E-state index contributed by atoms with van der Waals surface area (Å²) in [6, 6.07) is 6.09. The van der Waals surface area contributed by atoms with E-state index in [2.05, 4.69) is 11.0 Å². The summed E-state index contributed by atoms with van der Waals surface area (Å²) >= 11 is 0. The summed E-state index contributed by atoms with van der Waals surface area (Å²) in [6.45, 7) is 5.39. The quantitative estimate of drug-likeness (QED) is 0.880. The first-order chi connectivity index (χ1) is 9.63. The standard InChI is InChI=1S/C15H24N2O3/c1-11(16)15-10-17(6-7-20-15)9-12-4-5-13(18-2)14(8-12)19-3/h4-5,8,11,15H,6-7,9-10,16H2,1-3H3. The van der Waals surface area contributed by atoms with E-state index >= 15 is 0 Å². The van der Waals surface area contributed by atoms with E-state index < -0.39 is 0 Å². The summed E-state index contributed by atoms with van der Waals surface area (Å²) in [6.07, 6.45) is 0.115. The van der Waals surface area contributed by atoms with Crippen LogP contribution in [0.5, 0.6) is 11.5 Å². The first-order valence-electron chi connectivity index (χ1n) is 6.94. The average molecular weight is 280 g/mol. The van der Waals surface area contributed by atoms with Crippen molar-refractivity contribution in [2.24, 2.45) is 5.73 Å². The molecule has 0 saturated carbocycles. The van der Waals surface area contributed by atoms with Gasteiger partial charge in [-0.05, 0) is 24.6 Å². The van der Waals surface area contributed by atoms with Crippen molar-refractivity contribution in [3.8, 4) is 11.5 Å². The minimum atomic E-state index is 0.0585. The second-order valence-electron chi connectivity index (χ2n) is 5.19. The number of hydrogen-bond donors (Lipinski definition) is 1. The Bertz CT molecular complexity index is 437. The van der Waals surface area contributed by atoms with Gasteiger partial charge in [0, 0.05) is 25.7 Å². The van der Waals surface area contributed by atoms with Gasteiger partial charge in [-0.3, -0.25) is 4.90 Å². The van der Waals surface area contributed by atoms with Gasteiger partial charge in [0.25, 0.3) is 0 Å². The molecule has 1 saturated heterocycles. The monoisotopic (exact) mass is 280 g/mol. The lowest BCUT2D eigenvalue weighted by Gasteiger charge is -2.34. The van der Waals surface area contributed by atoms with Gasteiger partial charge in [-0.25, -0.2) is 0 Å². The Hall–Kier alpha value is -1.30. The van der Waals surface area contributed by atoms with Crippen molar-refractivity contribution in [2.75, 3.05) is 33.9 Å². The SMILES string of the molecule is COc1ccc(CN2CCOC(C(C)N)C2)cc1OC. The molecule has 0 aromatic heterocycles. The van der Waals surface area contributed by atoms with E-state index in [4.69, 9.17) is 19.9 Å². The number of ether oxygens (including phenoxy) is 3. The van der Waals surface area contributed by atoms with Gasteiger partial charge in [-0.1, -0.05) is 6.07 Å². The first-order valence-corrected chi connectivity index (χ1v) is 6.94. The molecule has 2 N–H and O–H groups in total. The molecule has 0 bridgehead atoms. The Morgan fingerprint density at radius 1 is 1.35 bits per heavy atom. The predicted octanol–water partition coefficient (Wildman–Crippen LogP) is 1.25. The van der Waals surface area contributed by atoms with Gasteiger partial charge in [-0.15, -0.1) is 0 Å². The van der Waals surface area contributed by atoms with E-state index in [1.807, 2.05) is 19.1 Å². The molecule has 5 heteroatoms. The van der Waals surface area contributed by atoms with Crippen LogP contribution in [0.25, 0.3) is 0 Å². The molecule has 2 atom stereocenters. The minimum absolute atomic E-state index is 0.0585. The van der Waals surface area contributed by atoms with Gasteiger partial charge in [0.15, 0.2) is 11.5 Å². The van der Waals surface area contributed by atoms with Crippen LogP contribution >= 0.6 is 0 Å². The summed E-state index contributed by atoms with van der Waals surface area (Å²) in [7, 11) is 3.30. The summed E-state index contributed by atoms with van der Waals surface area (Å²) in [4.78, 5) is 2.36. The van der Waals surface area contributed by atoms with Crippen LogP contribution in [0.15, 0.2) is 18.2 Å². The van der Waals surface area contributed by atoms with E-state index in [0.29, 0.717) is 0 Å². The molecular weight excluding hydrogens is 256 g/mol. The molecule has 1 aliphatic rings. The molecular formula is C15H24N2O3. The van der Waals surface area contributed by atoms with Crippen LogP contribution < -0.4 is 15.2 Å². The van der Waals surface area contributed by atoms with Gasteiger partial charge >= 0.3 is 0 Å². The molecule has 1 fully saturated rings. The largest absolute Gasteiger partial charge is 0.493 e. The van der Waals surface area contributed by atoms with Crippen molar-refractivity contribution >= 4 is 0 Å². The lowest BCUT2D eigenvalue weighted by Crippen LogP contribution is -2.49. The van der Waals surface area contributed by atoms with Crippen LogP contribution in [0.1, 0.15) is 12.5 Å². The third-order valence-electron chi connectivity index (χ3n) is 3.62.